The Labute approximate surface area is 148 Å². The van der Waals surface area contributed by atoms with Gasteiger partial charge in [0, 0.05) is 11.6 Å². The second-order valence-electron chi connectivity index (χ2n) is 7.12. The number of hydrogen-bond acceptors (Lipinski definition) is 3. The van der Waals surface area contributed by atoms with Crippen molar-refractivity contribution in [3.8, 4) is 0 Å². The number of alkyl carbamates (subject to hydrolysis) is 1. The van der Waals surface area contributed by atoms with Crippen LogP contribution in [0, 0.1) is 0 Å². The van der Waals surface area contributed by atoms with Crippen LogP contribution in [0.5, 0.6) is 0 Å². The van der Waals surface area contributed by atoms with Crippen molar-refractivity contribution in [3.63, 3.8) is 0 Å². The van der Waals surface area contributed by atoms with Gasteiger partial charge in [0.15, 0.2) is 0 Å². The minimum Gasteiger partial charge on any atom is -0.445 e. The predicted octanol–water partition coefficient (Wildman–Crippen LogP) is 3.94. The highest BCUT2D eigenvalue weighted by molar-refractivity contribution is 5.68. The Balaban J connectivity index is 1.48. The summed E-state index contributed by atoms with van der Waals surface area (Å²) in [5, 5.41) is 6.89. The maximum atomic E-state index is 12.5. The Morgan fingerprint density at radius 3 is 2.32 bits per heavy atom. The molecule has 0 aliphatic carbocycles. The van der Waals surface area contributed by atoms with Crippen molar-refractivity contribution in [2.45, 2.75) is 49.9 Å². The van der Waals surface area contributed by atoms with Gasteiger partial charge in [-0.2, -0.15) is 0 Å². The van der Waals surface area contributed by atoms with E-state index in [2.05, 4.69) is 22.8 Å². The standard InChI is InChI=1S/C21H24N2O2/c24-20(25-15-16-7-3-1-4-8-16)22-19(17-9-5-2-6-10-17)21-13-11-18(23-21)12-14-21/h1-10,18-19,23H,11-15H2,(H,22,24). The molecule has 0 saturated carbocycles. The molecule has 2 heterocycles. The zero-order valence-electron chi connectivity index (χ0n) is 14.3. The molecule has 2 N–H and O–H groups in total. The summed E-state index contributed by atoms with van der Waals surface area (Å²) in [6, 6.07) is 20.5. The van der Waals surface area contributed by atoms with Crippen LogP contribution in [0.1, 0.15) is 42.9 Å². The zero-order chi connectivity index (χ0) is 17.1. The third-order valence-corrected chi connectivity index (χ3v) is 5.53. The first-order valence-corrected chi connectivity index (χ1v) is 9.05. The van der Waals surface area contributed by atoms with E-state index < -0.39 is 0 Å². The van der Waals surface area contributed by atoms with Gasteiger partial charge in [-0.15, -0.1) is 0 Å². The monoisotopic (exact) mass is 336 g/mol. The van der Waals surface area contributed by atoms with E-state index in [1.807, 2.05) is 48.5 Å². The van der Waals surface area contributed by atoms with Crippen LogP contribution < -0.4 is 10.6 Å². The SMILES string of the molecule is O=C(NC(c1ccccc1)C12CCC(CC1)N2)OCc1ccccc1. The first kappa shape index (κ1) is 16.2. The summed E-state index contributed by atoms with van der Waals surface area (Å²) in [5.41, 5.74) is 2.08. The van der Waals surface area contributed by atoms with Crippen molar-refractivity contribution in [3.05, 3.63) is 71.8 Å². The molecule has 4 nitrogen and oxygen atoms in total. The Morgan fingerprint density at radius 1 is 1.08 bits per heavy atom. The molecule has 1 amide bonds. The Kier molecular flexibility index (Phi) is 4.45. The molecule has 2 aromatic rings. The number of benzene rings is 2. The summed E-state index contributed by atoms with van der Waals surface area (Å²) in [6.07, 6.45) is 4.20. The number of carbonyl (C=O) groups is 1. The third-order valence-electron chi connectivity index (χ3n) is 5.53. The largest absolute Gasteiger partial charge is 0.445 e. The molecule has 2 aromatic carbocycles. The van der Waals surface area contributed by atoms with E-state index in [0.29, 0.717) is 6.04 Å². The summed E-state index contributed by atoms with van der Waals surface area (Å²) in [6.45, 7) is 0.289. The molecule has 0 spiro atoms. The van der Waals surface area contributed by atoms with E-state index in [1.54, 1.807) is 0 Å². The van der Waals surface area contributed by atoms with E-state index in [9.17, 15) is 4.79 Å². The molecule has 2 aliphatic rings. The summed E-state index contributed by atoms with van der Waals surface area (Å²) in [4.78, 5) is 12.5. The fourth-order valence-corrected chi connectivity index (χ4v) is 4.27. The highest BCUT2D eigenvalue weighted by Gasteiger charge is 2.50. The minimum atomic E-state index is -0.357. The number of amides is 1. The number of carbonyl (C=O) groups excluding carboxylic acids is 1. The van der Waals surface area contributed by atoms with Gasteiger partial charge in [-0.25, -0.2) is 4.79 Å². The van der Waals surface area contributed by atoms with Crippen molar-refractivity contribution < 1.29 is 9.53 Å². The van der Waals surface area contributed by atoms with E-state index >= 15 is 0 Å². The van der Waals surface area contributed by atoms with Crippen molar-refractivity contribution in [1.82, 2.24) is 10.6 Å². The van der Waals surface area contributed by atoms with Crippen LogP contribution in [-0.2, 0) is 11.3 Å². The first-order valence-electron chi connectivity index (χ1n) is 9.05. The number of ether oxygens (including phenoxy) is 1. The molecular weight excluding hydrogens is 312 g/mol. The normalized spacial score (nSPS) is 25.5. The van der Waals surface area contributed by atoms with Crippen LogP contribution >= 0.6 is 0 Å². The first-order chi connectivity index (χ1) is 12.3. The quantitative estimate of drug-likeness (QED) is 0.869. The Hall–Kier alpha value is -2.33. The molecule has 4 heteroatoms. The van der Waals surface area contributed by atoms with Crippen LogP contribution in [0.4, 0.5) is 4.79 Å². The minimum absolute atomic E-state index is 0.0439. The molecule has 2 aliphatic heterocycles. The second-order valence-corrected chi connectivity index (χ2v) is 7.12. The molecule has 0 aromatic heterocycles. The number of nitrogens with one attached hydrogen (secondary N) is 2. The van der Waals surface area contributed by atoms with Crippen molar-refractivity contribution in [2.24, 2.45) is 0 Å². The van der Waals surface area contributed by atoms with Crippen LogP contribution in [0.3, 0.4) is 0 Å². The molecule has 1 atom stereocenters. The van der Waals surface area contributed by atoms with Gasteiger partial charge in [-0.1, -0.05) is 60.7 Å². The number of hydrogen-bond donors (Lipinski definition) is 2. The van der Waals surface area contributed by atoms with E-state index in [4.69, 9.17) is 4.74 Å². The topological polar surface area (TPSA) is 50.4 Å². The van der Waals surface area contributed by atoms with Gasteiger partial charge in [0.2, 0.25) is 0 Å². The average molecular weight is 336 g/mol. The molecule has 130 valence electrons. The number of rotatable bonds is 5. The Bertz CT molecular complexity index is 709. The number of fused-ring (bicyclic) bond motifs is 2. The lowest BCUT2D eigenvalue weighted by Gasteiger charge is -2.36. The zero-order valence-corrected chi connectivity index (χ0v) is 14.3. The molecule has 1 unspecified atom stereocenters. The molecular formula is C21H24N2O2. The fourth-order valence-electron chi connectivity index (χ4n) is 4.27. The molecule has 2 bridgehead atoms. The van der Waals surface area contributed by atoms with Crippen molar-refractivity contribution in [1.29, 1.82) is 0 Å². The highest BCUT2D eigenvalue weighted by atomic mass is 16.5. The molecule has 0 radical (unpaired) electrons. The van der Waals surface area contributed by atoms with Gasteiger partial charge < -0.3 is 15.4 Å². The summed E-state index contributed by atoms with van der Waals surface area (Å²) >= 11 is 0. The average Bonchev–Trinajstić information content (AvgIpc) is 3.28. The van der Waals surface area contributed by atoms with Gasteiger partial charge in [-0.05, 0) is 36.8 Å². The lowest BCUT2D eigenvalue weighted by atomic mass is 9.79. The van der Waals surface area contributed by atoms with Crippen LogP contribution in [-0.4, -0.2) is 17.7 Å². The summed E-state index contributed by atoms with van der Waals surface area (Å²) in [7, 11) is 0. The third kappa shape index (κ3) is 3.40. The molecule has 2 saturated heterocycles. The Morgan fingerprint density at radius 2 is 1.72 bits per heavy atom. The molecule has 4 rings (SSSR count). The van der Waals surface area contributed by atoms with Crippen LogP contribution in [0.15, 0.2) is 60.7 Å². The second kappa shape index (κ2) is 6.89. The van der Waals surface area contributed by atoms with Gasteiger partial charge in [0.05, 0.1) is 6.04 Å². The van der Waals surface area contributed by atoms with Crippen LogP contribution in [0.2, 0.25) is 0 Å². The van der Waals surface area contributed by atoms with Gasteiger partial charge in [-0.3, -0.25) is 0 Å². The lowest BCUT2D eigenvalue weighted by Crippen LogP contribution is -2.50. The van der Waals surface area contributed by atoms with Crippen LogP contribution in [0.25, 0.3) is 0 Å². The van der Waals surface area contributed by atoms with Crippen molar-refractivity contribution in [2.75, 3.05) is 0 Å². The van der Waals surface area contributed by atoms with Crippen molar-refractivity contribution >= 4 is 6.09 Å². The summed E-state index contributed by atoms with van der Waals surface area (Å²) in [5.74, 6) is 0. The maximum absolute atomic E-state index is 12.5. The smallest absolute Gasteiger partial charge is 0.408 e. The van der Waals surface area contributed by atoms with Gasteiger partial charge in [0.25, 0.3) is 0 Å². The summed E-state index contributed by atoms with van der Waals surface area (Å²) < 4.78 is 5.46. The highest BCUT2D eigenvalue weighted by Crippen LogP contribution is 2.45. The maximum Gasteiger partial charge on any atom is 0.408 e. The predicted molar refractivity (Wildman–Crippen MR) is 97.1 cm³/mol. The van der Waals surface area contributed by atoms with Gasteiger partial charge in [0.1, 0.15) is 6.61 Å². The van der Waals surface area contributed by atoms with E-state index in [0.717, 1.165) is 24.0 Å². The molecule has 2 fully saturated rings. The fraction of sp³-hybridized carbons (Fsp3) is 0.381. The molecule has 25 heavy (non-hydrogen) atoms. The van der Waals surface area contributed by atoms with E-state index in [1.165, 1.54) is 12.8 Å². The van der Waals surface area contributed by atoms with E-state index in [-0.39, 0.29) is 24.3 Å². The lowest BCUT2D eigenvalue weighted by molar-refractivity contribution is 0.127. The van der Waals surface area contributed by atoms with Gasteiger partial charge >= 0.3 is 6.09 Å².